The second-order valence-corrected chi connectivity index (χ2v) is 7.95. The third-order valence-electron chi connectivity index (χ3n) is 4.04. The van der Waals surface area contributed by atoms with Gasteiger partial charge in [0, 0.05) is 5.56 Å². The summed E-state index contributed by atoms with van der Waals surface area (Å²) >= 11 is 0. The van der Waals surface area contributed by atoms with Crippen LogP contribution in [0.2, 0.25) is 0 Å². The van der Waals surface area contributed by atoms with Crippen LogP contribution in [0.3, 0.4) is 0 Å². The number of anilines is 1. The van der Waals surface area contributed by atoms with E-state index in [9.17, 15) is 8.42 Å². The zero-order valence-electron chi connectivity index (χ0n) is 13.5. The second kappa shape index (κ2) is 7.05. The van der Waals surface area contributed by atoms with Gasteiger partial charge < -0.3 is 4.74 Å². The van der Waals surface area contributed by atoms with Crippen molar-refractivity contribution in [1.29, 1.82) is 0 Å². The van der Waals surface area contributed by atoms with Gasteiger partial charge in [-0.3, -0.25) is 5.01 Å². The number of sulfone groups is 1. The van der Waals surface area contributed by atoms with Gasteiger partial charge in [0.2, 0.25) is 0 Å². The topological polar surface area (TPSA) is 59.0 Å². The molecule has 1 saturated heterocycles. The molecule has 0 bridgehead atoms. The number of para-hydroxylation sites is 2. The number of methoxy groups -OCH3 is 1. The van der Waals surface area contributed by atoms with E-state index in [4.69, 9.17) is 4.74 Å². The first-order valence-electron chi connectivity index (χ1n) is 7.81. The average molecular weight is 344 g/mol. The van der Waals surface area contributed by atoms with E-state index in [1.807, 2.05) is 54.6 Å². The number of hydrogen-bond donors (Lipinski definition) is 0. The molecule has 1 heterocycles. The lowest BCUT2D eigenvalue weighted by molar-refractivity contribution is 0.414. The molecular weight excluding hydrogens is 324 g/mol. The van der Waals surface area contributed by atoms with Gasteiger partial charge in [-0.15, -0.1) is 0 Å². The maximum absolute atomic E-state index is 11.9. The zero-order chi connectivity index (χ0) is 17.0. The molecule has 0 N–H and O–H groups in total. The van der Waals surface area contributed by atoms with Gasteiger partial charge in [0.15, 0.2) is 9.84 Å². The fraction of sp³-hybridized carbons (Fsp3) is 0.278. The van der Waals surface area contributed by atoms with E-state index in [1.165, 1.54) is 0 Å². The van der Waals surface area contributed by atoms with Crippen molar-refractivity contribution in [2.24, 2.45) is 5.10 Å². The van der Waals surface area contributed by atoms with Gasteiger partial charge in [-0.05, 0) is 30.7 Å². The van der Waals surface area contributed by atoms with Crippen LogP contribution in [0.1, 0.15) is 12.0 Å². The summed E-state index contributed by atoms with van der Waals surface area (Å²) in [5.41, 5.74) is 1.73. The summed E-state index contributed by atoms with van der Waals surface area (Å²) in [6, 6.07) is 17.1. The summed E-state index contributed by atoms with van der Waals surface area (Å²) in [6.07, 6.45) is 2.30. The molecule has 0 unspecified atom stereocenters. The van der Waals surface area contributed by atoms with Crippen LogP contribution < -0.4 is 9.75 Å². The fourth-order valence-electron chi connectivity index (χ4n) is 2.82. The monoisotopic (exact) mass is 344 g/mol. The highest BCUT2D eigenvalue weighted by Gasteiger charge is 2.32. The Kier molecular flexibility index (Phi) is 4.85. The van der Waals surface area contributed by atoms with Crippen LogP contribution in [-0.4, -0.2) is 39.3 Å². The SMILES string of the molecule is COc1ccccc1/C=N\N(c1ccccc1)[C@H]1CCS(=O)(=O)C1. The van der Waals surface area contributed by atoms with Crippen LogP contribution in [0.15, 0.2) is 59.7 Å². The van der Waals surface area contributed by atoms with Gasteiger partial charge in [-0.1, -0.05) is 30.3 Å². The van der Waals surface area contributed by atoms with Crippen LogP contribution in [0.25, 0.3) is 0 Å². The highest BCUT2D eigenvalue weighted by Crippen LogP contribution is 2.25. The van der Waals surface area contributed by atoms with Gasteiger partial charge in [0.25, 0.3) is 0 Å². The van der Waals surface area contributed by atoms with Crippen molar-refractivity contribution in [2.75, 3.05) is 23.6 Å². The molecule has 0 amide bonds. The van der Waals surface area contributed by atoms with Crippen molar-refractivity contribution in [1.82, 2.24) is 0 Å². The molecular formula is C18H20N2O3S. The summed E-state index contributed by atoms with van der Waals surface area (Å²) in [5.74, 6) is 1.07. The van der Waals surface area contributed by atoms with E-state index in [1.54, 1.807) is 18.3 Å². The summed E-state index contributed by atoms with van der Waals surface area (Å²) < 4.78 is 29.0. The minimum atomic E-state index is -2.98. The molecule has 126 valence electrons. The van der Waals surface area contributed by atoms with Gasteiger partial charge in [0.1, 0.15) is 5.75 Å². The van der Waals surface area contributed by atoms with Crippen molar-refractivity contribution >= 4 is 21.7 Å². The number of rotatable bonds is 5. The van der Waals surface area contributed by atoms with Crippen molar-refractivity contribution in [3.63, 3.8) is 0 Å². The molecule has 6 heteroatoms. The smallest absolute Gasteiger partial charge is 0.152 e. The number of hydrazone groups is 1. The molecule has 0 aromatic heterocycles. The average Bonchev–Trinajstić information content (AvgIpc) is 2.96. The summed E-state index contributed by atoms with van der Waals surface area (Å²) in [4.78, 5) is 0. The highest BCUT2D eigenvalue weighted by atomic mass is 32.2. The first-order valence-corrected chi connectivity index (χ1v) is 9.63. The molecule has 1 atom stereocenters. The van der Waals surface area contributed by atoms with E-state index >= 15 is 0 Å². The van der Waals surface area contributed by atoms with Crippen molar-refractivity contribution in [2.45, 2.75) is 12.5 Å². The van der Waals surface area contributed by atoms with Crippen LogP contribution in [0, 0.1) is 0 Å². The molecule has 1 aliphatic heterocycles. The summed E-state index contributed by atoms with van der Waals surface area (Å²) in [6.45, 7) is 0. The van der Waals surface area contributed by atoms with E-state index in [0.717, 1.165) is 17.0 Å². The lowest BCUT2D eigenvalue weighted by Gasteiger charge is -2.25. The minimum Gasteiger partial charge on any atom is -0.496 e. The Hall–Kier alpha value is -2.34. The molecule has 0 radical (unpaired) electrons. The Morgan fingerprint density at radius 2 is 1.83 bits per heavy atom. The molecule has 2 aromatic carbocycles. The van der Waals surface area contributed by atoms with Crippen LogP contribution >= 0.6 is 0 Å². The van der Waals surface area contributed by atoms with Gasteiger partial charge in [-0.2, -0.15) is 5.10 Å². The van der Waals surface area contributed by atoms with Crippen molar-refractivity contribution in [3.05, 3.63) is 60.2 Å². The zero-order valence-corrected chi connectivity index (χ0v) is 14.3. The predicted molar refractivity (Wildman–Crippen MR) is 96.6 cm³/mol. The van der Waals surface area contributed by atoms with Crippen LogP contribution in [0.5, 0.6) is 5.75 Å². The number of ether oxygens (including phenoxy) is 1. The van der Waals surface area contributed by atoms with E-state index in [0.29, 0.717) is 6.42 Å². The third-order valence-corrected chi connectivity index (χ3v) is 5.79. The lowest BCUT2D eigenvalue weighted by atomic mass is 10.2. The van der Waals surface area contributed by atoms with Crippen LogP contribution in [0.4, 0.5) is 5.69 Å². The number of hydrogen-bond acceptors (Lipinski definition) is 5. The largest absolute Gasteiger partial charge is 0.496 e. The number of nitrogens with zero attached hydrogens (tertiary/aromatic N) is 2. The first-order chi connectivity index (χ1) is 11.6. The fourth-order valence-corrected chi connectivity index (χ4v) is 4.51. The maximum atomic E-state index is 11.9. The van der Waals surface area contributed by atoms with Gasteiger partial charge in [-0.25, -0.2) is 8.42 Å². The third kappa shape index (κ3) is 3.76. The molecule has 1 aliphatic rings. The van der Waals surface area contributed by atoms with Crippen molar-refractivity contribution in [3.8, 4) is 5.75 Å². The van der Waals surface area contributed by atoms with E-state index in [2.05, 4.69) is 5.10 Å². The molecule has 2 aromatic rings. The maximum Gasteiger partial charge on any atom is 0.152 e. The lowest BCUT2D eigenvalue weighted by Crippen LogP contribution is -2.31. The van der Waals surface area contributed by atoms with E-state index < -0.39 is 9.84 Å². The van der Waals surface area contributed by atoms with Gasteiger partial charge >= 0.3 is 0 Å². The standard InChI is InChI=1S/C18H20N2O3S/c1-23-18-10-6-5-7-15(18)13-19-20(16-8-3-2-4-9-16)17-11-12-24(21,22)14-17/h2-10,13,17H,11-12,14H2,1H3/b19-13-/t17-/m0/s1. The van der Waals surface area contributed by atoms with E-state index in [-0.39, 0.29) is 17.5 Å². The summed E-state index contributed by atoms with van der Waals surface area (Å²) in [7, 11) is -1.37. The predicted octanol–water partition coefficient (Wildman–Crippen LogP) is 2.72. The first kappa shape index (κ1) is 16.5. The molecule has 5 nitrogen and oxygen atoms in total. The Balaban J connectivity index is 1.92. The Bertz CT molecular complexity index is 819. The molecule has 0 saturated carbocycles. The number of benzene rings is 2. The Morgan fingerprint density at radius 1 is 1.12 bits per heavy atom. The Labute approximate surface area is 142 Å². The second-order valence-electron chi connectivity index (χ2n) is 5.72. The molecule has 24 heavy (non-hydrogen) atoms. The van der Waals surface area contributed by atoms with Crippen molar-refractivity contribution < 1.29 is 13.2 Å². The molecule has 1 fully saturated rings. The molecule has 3 rings (SSSR count). The quantitative estimate of drug-likeness (QED) is 0.618. The molecule has 0 spiro atoms. The molecule has 0 aliphatic carbocycles. The van der Waals surface area contributed by atoms with Crippen LogP contribution in [-0.2, 0) is 9.84 Å². The minimum absolute atomic E-state index is 0.130. The highest BCUT2D eigenvalue weighted by molar-refractivity contribution is 7.91. The normalized spacial score (nSPS) is 19.5. The Morgan fingerprint density at radius 3 is 2.50 bits per heavy atom. The van der Waals surface area contributed by atoms with Gasteiger partial charge in [0.05, 0.1) is 36.6 Å². The summed E-state index contributed by atoms with van der Waals surface area (Å²) in [5, 5.41) is 6.39.